The predicted molar refractivity (Wildman–Crippen MR) is 132 cm³/mol. The summed E-state index contributed by atoms with van der Waals surface area (Å²) in [5.74, 6) is 0.466. The lowest BCUT2D eigenvalue weighted by Gasteiger charge is -2.22. The molecular weight excluding hydrogens is 491 g/mol. The molecule has 1 unspecified atom stereocenters. The maximum absolute atomic E-state index is 14.2. The molecule has 36 heavy (non-hydrogen) atoms. The Hall–Kier alpha value is -3.03. The van der Waals surface area contributed by atoms with Crippen LogP contribution in [0.5, 0.6) is 5.75 Å². The molecule has 0 bridgehead atoms. The number of ether oxygens (including phenoxy) is 1. The molecule has 1 heterocycles. The number of fused-ring (bicyclic) bond motifs is 1. The Morgan fingerprint density at radius 3 is 2.44 bits per heavy atom. The van der Waals surface area contributed by atoms with Crippen molar-refractivity contribution in [3.05, 3.63) is 53.7 Å². The fourth-order valence-electron chi connectivity index (χ4n) is 4.39. The Bertz CT molecular complexity index is 1440. The van der Waals surface area contributed by atoms with Gasteiger partial charge < -0.3 is 9.30 Å². The van der Waals surface area contributed by atoms with Crippen molar-refractivity contribution in [2.75, 3.05) is 7.11 Å². The third kappa shape index (κ3) is 5.22. The van der Waals surface area contributed by atoms with Crippen molar-refractivity contribution in [3.63, 3.8) is 0 Å². The smallest absolute Gasteiger partial charge is 0.408 e. The Morgan fingerprint density at radius 1 is 1.19 bits per heavy atom. The SMILES string of the molecule is COc1cccc(C#N)c1-c1ccc2c(C(NS(=O)(=O)C3CC3)C(F)(F)F)cn(CC(C)(C)C)c2c1. The normalized spacial score (nSPS) is 15.6. The lowest BCUT2D eigenvalue weighted by molar-refractivity contribution is -0.152. The number of hydrogen-bond acceptors (Lipinski definition) is 4. The van der Waals surface area contributed by atoms with Crippen molar-refractivity contribution in [2.45, 2.75) is 57.6 Å². The first kappa shape index (κ1) is 26.0. The summed E-state index contributed by atoms with van der Waals surface area (Å²) in [7, 11) is -2.63. The van der Waals surface area contributed by atoms with Gasteiger partial charge in [-0.25, -0.2) is 8.42 Å². The average molecular weight is 520 g/mol. The third-order valence-electron chi connectivity index (χ3n) is 6.10. The van der Waals surface area contributed by atoms with Gasteiger partial charge in [-0.15, -0.1) is 0 Å². The number of hydrogen-bond donors (Lipinski definition) is 1. The molecule has 6 nitrogen and oxygen atoms in total. The summed E-state index contributed by atoms with van der Waals surface area (Å²) in [5.41, 5.74) is 1.59. The molecule has 1 aliphatic carbocycles. The number of methoxy groups -OCH3 is 1. The van der Waals surface area contributed by atoms with E-state index in [0.29, 0.717) is 47.3 Å². The van der Waals surface area contributed by atoms with Crippen LogP contribution in [0.3, 0.4) is 0 Å². The van der Waals surface area contributed by atoms with Gasteiger partial charge in [0.2, 0.25) is 10.0 Å². The Kier molecular flexibility index (Phi) is 6.60. The van der Waals surface area contributed by atoms with Crippen molar-refractivity contribution in [2.24, 2.45) is 5.41 Å². The fraction of sp³-hybridized carbons (Fsp3) is 0.423. The number of nitriles is 1. The number of benzene rings is 2. The number of halogens is 3. The van der Waals surface area contributed by atoms with E-state index < -0.39 is 27.5 Å². The van der Waals surface area contributed by atoms with Gasteiger partial charge in [-0.05, 0) is 42.0 Å². The zero-order chi connectivity index (χ0) is 26.5. The molecule has 1 N–H and O–H groups in total. The number of sulfonamides is 1. The van der Waals surface area contributed by atoms with E-state index in [0.717, 1.165) is 0 Å². The maximum atomic E-state index is 14.2. The molecule has 0 radical (unpaired) electrons. The zero-order valence-corrected chi connectivity index (χ0v) is 21.3. The lowest BCUT2D eigenvalue weighted by atomic mass is 9.96. The highest BCUT2D eigenvalue weighted by molar-refractivity contribution is 7.90. The summed E-state index contributed by atoms with van der Waals surface area (Å²) in [6, 6.07) is 9.74. The molecule has 1 aliphatic rings. The van der Waals surface area contributed by atoms with Crippen molar-refractivity contribution in [1.82, 2.24) is 9.29 Å². The van der Waals surface area contributed by atoms with Gasteiger partial charge in [0.15, 0.2) is 0 Å². The minimum Gasteiger partial charge on any atom is -0.496 e. The Balaban J connectivity index is 1.94. The van der Waals surface area contributed by atoms with E-state index in [9.17, 15) is 26.9 Å². The van der Waals surface area contributed by atoms with E-state index in [1.54, 1.807) is 41.0 Å². The van der Waals surface area contributed by atoms with Crippen LogP contribution in [-0.4, -0.2) is 31.5 Å². The van der Waals surface area contributed by atoms with Crippen LogP contribution in [0, 0.1) is 16.7 Å². The molecule has 0 saturated heterocycles. The monoisotopic (exact) mass is 519 g/mol. The van der Waals surface area contributed by atoms with Gasteiger partial charge in [0.25, 0.3) is 0 Å². The highest BCUT2D eigenvalue weighted by atomic mass is 32.2. The molecule has 3 aromatic rings. The fourth-order valence-corrected chi connectivity index (χ4v) is 5.92. The van der Waals surface area contributed by atoms with Crippen LogP contribution >= 0.6 is 0 Å². The predicted octanol–water partition coefficient (Wildman–Crippen LogP) is 5.92. The van der Waals surface area contributed by atoms with E-state index in [4.69, 9.17) is 4.74 Å². The van der Waals surface area contributed by atoms with E-state index in [-0.39, 0.29) is 16.4 Å². The van der Waals surface area contributed by atoms with Crippen molar-refractivity contribution >= 4 is 20.9 Å². The van der Waals surface area contributed by atoms with Crippen LogP contribution in [0.4, 0.5) is 13.2 Å². The third-order valence-corrected chi connectivity index (χ3v) is 8.01. The molecule has 1 saturated carbocycles. The Labute approximate surface area is 208 Å². The van der Waals surface area contributed by atoms with Crippen molar-refractivity contribution in [1.29, 1.82) is 5.26 Å². The molecule has 0 aliphatic heterocycles. The summed E-state index contributed by atoms with van der Waals surface area (Å²) < 4.78 is 76.9. The molecule has 1 atom stereocenters. The molecule has 4 rings (SSSR count). The standard InChI is InChI=1S/C26H28F3N3O3S/c1-25(2,3)15-32-14-20(24(26(27,28)29)31-36(33,34)18-9-10-18)19-11-8-16(12-21(19)32)23-17(13-30)6-5-7-22(23)35-4/h5-8,11-12,14,18,24,31H,9-10,15H2,1-4H3. The van der Waals surface area contributed by atoms with Gasteiger partial charge in [0.05, 0.1) is 24.0 Å². The summed E-state index contributed by atoms with van der Waals surface area (Å²) in [5, 5.41) is 9.15. The summed E-state index contributed by atoms with van der Waals surface area (Å²) in [4.78, 5) is 0. The van der Waals surface area contributed by atoms with Crippen LogP contribution < -0.4 is 9.46 Å². The van der Waals surface area contributed by atoms with Gasteiger partial charge in [0, 0.05) is 34.8 Å². The largest absolute Gasteiger partial charge is 0.496 e. The molecule has 1 fully saturated rings. The highest BCUT2D eigenvalue weighted by Crippen LogP contribution is 2.42. The highest BCUT2D eigenvalue weighted by Gasteiger charge is 2.47. The zero-order valence-electron chi connectivity index (χ0n) is 20.5. The second kappa shape index (κ2) is 9.12. The molecular formula is C26H28F3N3O3S. The van der Waals surface area contributed by atoms with Gasteiger partial charge in [-0.3, -0.25) is 0 Å². The van der Waals surface area contributed by atoms with Gasteiger partial charge >= 0.3 is 6.18 Å². The first-order chi connectivity index (χ1) is 16.7. The van der Waals surface area contributed by atoms with Crippen LogP contribution in [0.15, 0.2) is 42.6 Å². The van der Waals surface area contributed by atoms with Crippen LogP contribution in [-0.2, 0) is 16.6 Å². The molecule has 0 amide bonds. The molecule has 192 valence electrons. The quantitative estimate of drug-likeness (QED) is 0.420. The minimum absolute atomic E-state index is 0.155. The second-order valence-corrected chi connectivity index (χ2v) is 12.3. The van der Waals surface area contributed by atoms with Gasteiger partial charge in [-0.1, -0.05) is 39.0 Å². The molecule has 10 heteroatoms. The van der Waals surface area contributed by atoms with Crippen LogP contribution in [0.25, 0.3) is 22.0 Å². The second-order valence-electron chi connectivity index (χ2n) is 10.3. The van der Waals surface area contributed by atoms with Gasteiger partial charge in [-0.2, -0.15) is 23.2 Å². The van der Waals surface area contributed by atoms with E-state index >= 15 is 0 Å². The summed E-state index contributed by atoms with van der Waals surface area (Å²) >= 11 is 0. The first-order valence-corrected chi connectivity index (χ1v) is 13.1. The topological polar surface area (TPSA) is 84.1 Å². The summed E-state index contributed by atoms with van der Waals surface area (Å²) in [6.45, 7) is 6.29. The van der Waals surface area contributed by atoms with E-state index in [1.165, 1.54) is 13.3 Å². The van der Waals surface area contributed by atoms with Gasteiger partial charge in [0.1, 0.15) is 11.8 Å². The molecule has 2 aromatic carbocycles. The number of alkyl halides is 3. The lowest BCUT2D eigenvalue weighted by Crippen LogP contribution is -2.39. The van der Waals surface area contributed by atoms with E-state index in [1.807, 2.05) is 25.5 Å². The van der Waals surface area contributed by atoms with E-state index in [2.05, 4.69) is 6.07 Å². The average Bonchev–Trinajstić information content (AvgIpc) is 3.60. The van der Waals surface area contributed by atoms with Crippen molar-refractivity contribution < 1.29 is 26.3 Å². The maximum Gasteiger partial charge on any atom is 0.408 e. The first-order valence-electron chi connectivity index (χ1n) is 11.5. The number of nitrogens with zero attached hydrogens (tertiary/aromatic N) is 2. The van der Waals surface area contributed by atoms with Crippen molar-refractivity contribution in [3.8, 4) is 22.9 Å². The molecule has 0 spiro atoms. The van der Waals surface area contributed by atoms with Crippen LogP contribution in [0.2, 0.25) is 0 Å². The number of aromatic nitrogens is 1. The number of nitrogens with one attached hydrogen (secondary N) is 1. The number of rotatable bonds is 7. The minimum atomic E-state index is -4.84. The van der Waals surface area contributed by atoms with Crippen LogP contribution in [0.1, 0.15) is 50.8 Å². The molecule has 1 aromatic heterocycles. The summed E-state index contributed by atoms with van der Waals surface area (Å²) in [6.07, 6.45) is -2.73. The Morgan fingerprint density at radius 2 is 1.89 bits per heavy atom.